The zero-order chi connectivity index (χ0) is 17.2. The molecule has 25 heavy (non-hydrogen) atoms. The maximum absolute atomic E-state index is 10.4. The van der Waals surface area contributed by atoms with Crippen molar-refractivity contribution in [2.24, 2.45) is 0 Å². The quantitative estimate of drug-likeness (QED) is 0.416. The number of hydrogen-bond donors (Lipinski definition) is 4. The monoisotopic (exact) mass is 338 g/mol. The standard InChI is InChI=1S/C16H18N8O/c1-24(16-12-3-5-18-15(12)22-9-23-16)7-10(25)6-19-14-11-2-4-17-13(11)20-8-21-14/h2-5,8-10,25H,6-7H2,1H3,(H,18,22,23)(H2,17,19,20,21). The molecule has 4 aromatic rings. The maximum atomic E-state index is 10.4. The van der Waals surface area contributed by atoms with Crippen LogP contribution < -0.4 is 10.2 Å². The first-order valence-corrected chi connectivity index (χ1v) is 7.91. The summed E-state index contributed by atoms with van der Waals surface area (Å²) in [4.78, 5) is 24.9. The van der Waals surface area contributed by atoms with Crippen LogP contribution in [0.25, 0.3) is 22.1 Å². The van der Waals surface area contributed by atoms with Gasteiger partial charge < -0.3 is 25.3 Å². The Morgan fingerprint density at radius 1 is 1.04 bits per heavy atom. The number of anilines is 2. The maximum Gasteiger partial charge on any atom is 0.142 e. The van der Waals surface area contributed by atoms with Crippen molar-refractivity contribution in [2.75, 3.05) is 30.4 Å². The Morgan fingerprint density at radius 3 is 2.52 bits per heavy atom. The molecular formula is C16H18N8O. The summed E-state index contributed by atoms with van der Waals surface area (Å²) in [5, 5.41) is 15.4. The van der Waals surface area contributed by atoms with Crippen molar-refractivity contribution in [2.45, 2.75) is 6.10 Å². The Morgan fingerprint density at radius 2 is 1.72 bits per heavy atom. The normalized spacial score (nSPS) is 12.6. The van der Waals surface area contributed by atoms with Crippen LogP contribution in [-0.4, -0.2) is 61.3 Å². The van der Waals surface area contributed by atoms with Gasteiger partial charge in [-0.1, -0.05) is 0 Å². The lowest BCUT2D eigenvalue weighted by Gasteiger charge is -2.22. The second kappa shape index (κ2) is 6.36. The van der Waals surface area contributed by atoms with Gasteiger partial charge in [0.25, 0.3) is 0 Å². The molecule has 0 spiro atoms. The summed E-state index contributed by atoms with van der Waals surface area (Å²) in [5.41, 5.74) is 1.54. The van der Waals surface area contributed by atoms with Gasteiger partial charge in [0, 0.05) is 32.5 Å². The third kappa shape index (κ3) is 2.96. The Hall–Kier alpha value is -3.20. The van der Waals surface area contributed by atoms with E-state index >= 15 is 0 Å². The summed E-state index contributed by atoms with van der Waals surface area (Å²) >= 11 is 0. The van der Waals surface area contributed by atoms with Gasteiger partial charge in [-0.15, -0.1) is 0 Å². The number of aromatic amines is 2. The fraction of sp³-hybridized carbons (Fsp3) is 0.250. The number of nitrogens with one attached hydrogen (secondary N) is 3. The number of hydrogen-bond acceptors (Lipinski definition) is 7. The van der Waals surface area contributed by atoms with Crippen molar-refractivity contribution in [1.29, 1.82) is 0 Å². The molecule has 128 valence electrons. The highest BCUT2D eigenvalue weighted by molar-refractivity contribution is 5.87. The molecule has 4 aromatic heterocycles. The van der Waals surface area contributed by atoms with E-state index in [4.69, 9.17) is 0 Å². The van der Waals surface area contributed by atoms with Crippen molar-refractivity contribution in [1.82, 2.24) is 29.9 Å². The molecule has 0 aromatic carbocycles. The molecule has 0 radical (unpaired) electrons. The first-order chi connectivity index (χ1) is 12.2. The number of aliphatic hydroxyl groups excluding tert-OH is 1. The first-order valence-electron chi connectivity index (χ1n) is 7.91. The average molecular weight is 338 g/mol. The number of nitrogens with zero attached hydrogens (tertiary/aromatic N) is 5. The van der Waals surface area contributed by atoms with Crippen LogP contribution in [0.3, 0.4) is 0 Å². The zero-order valence-electron chi connectivity index (χ0n) is 13.6. The highest BCUT2D eigenvalue weighted by Crippen LogP contribution is 2.21. The van der Waals surface area contributed by atoms with Crippen LogP contribution >= 0.6 is 0 Å². The van der Waals surface area contributed by atoms with E-state index in [1.54, 1.807) is 0 Å². The lowest BCUT2D eigenvalue weighted by molar-refractivity contribution is 0.194. The van der Waals surface area contributed by atoms with Gasteiger partial charge in [-0.05, 0) is 12.1 Å². The molecule has 0 fully saturated rings. The molecule has 0 aliphatic carbocycles. The molecule has 9 heteroatoms. The number of aromatic nitrogens is 6. The molecule has 1 atom stereocenters. The summed E-state index contributed by atoms with van der Waals surface area (Å²) in [6.07, 6.45) is 6.04. The second-order valence-electron chi connectivity index (χ2n) is 5.81. The third-order valence-electron chi connectivity index (χ3n) is 4.04. The van der Waals surface area contributed by atoms with Crippen molar-refractivity contribution >= 4 is 33.7 Å². The summed E-state index contributed by atoms with van der Waals surface area (Å²) in [6, 6.07) is 3.83. The van der Waals surface area contributed by atoms with Crippen LogP contribution in [0.1, 0.15) is 0 Å². The van der Waals surface area contributed by atoms with E-state index in [0.717, 1.165) is 27.9 Å². The number of H-pyrrole nitrogens is 2. The van der Waals surface area contributed by atoms with Crippen molar-refractivity contribution in [3.63, 3.8) is 0 Å². The minimum atomic E-state index is -0.599. The molecule has 1 unspecified atom stereocenters. The predicted molar refractivity (Wildman–Crippen MR) is 95.5 cm³/mol. The van der Waals surface area contributed by atoms with Gasteiger partial charge in [0.05, 0.1) is 16.9 Å². The van der Waals surface area contributed by atoms with Gasteiger partial charge in [0.1, 0.15) is 35.6 Å². The summed E-state index contributed by atoms with van der Waals surface area (Å²) in [5.74, 6) is 1.48. The Kier molecular flexibility index (Phi) is 3.90. The zero-order valence-corrected chi connectivity index (χ0v) is 13.6. The van der Waals surface area contributed by atoms with Gasteiger partial charge in [-0.25, -0.2) is 19.9 Å². The molecule has 0 bridgehead atoms. The van der Waals surface area contributed by atoms with Crippen LogP contribution in [0.15, 0.2) is 37.2 Å². The lowest BCUT2D eigenvalue weighted by atomic mass is 10.3. The molecule has 4 N–H and O–H groups in total. The summed E-state index contributed by atoms with van der Waals surface area (Å²) in [7, 11) is 1.90. The second-order valence-corrected chi connectivity index (χ2v) is 5.81. The summed E-state index contributed by atoms with van der Waals surface area (Å²) < 4.78 is 0. The molecule has 0 aliphatic heterocycles. The summed E-state index contributed by atoms with van der Waals surface area (Å²) in [6.45, 7) is 0.786. The molecule has 0 amide bonds. The van der Waals surface area contributed by atoms with E-state index in [1.165, 1.54) is 12.7 Å². The average Bonchev–Trinajstić information content (AvgIpc) is 3.28. The molecule has 0 saturated carbocycles. The number of fused-ring (bicyclic) bond motifs is 2. The van der Waals surface area contributed by atoms with Gasteiger partial charge >= 0.3 is 0 Å². The van der Waals surface area contributed by atoms with Gasteiger partial charge in [0.2, 0.25) is 0 Å². The third-order valence-corrected chi connectivity index (χ3v) is 4.04. The number of likely N-dealkylation sites (N-methyl/N-ethyl adjacent to an activating group) is 1. The van der Waals surface area contributed by atoms with E-state index in [9.17, 15) is 5.11 Å². The molecular weight excluding hydrogens is 320 g/mol. The van der Waals surface area contributed by atoms with E-state index in [1.807, 2.05) is 36.5 Å². The van der Waals surface area contributed by atoms with E-state index in [-0.39, 0.29) is 0 Å². The van der Waals surface area contributed by atoms with Crippen molar-refractivity contribution < 1.29 is 5.11 Å². The molecule has 0 aliphatic rings. The van der Waals surface area contributed by atoms with Crippen LogP contribution in [0.2, 0.25) is 0 Å². The fourth-order valence-electron chi connectivity index (χ4n) is 2.86. The SMILES string of the molecule is CN(CC(O)CNc1ncnc2[nH]ccc12)c1ncnc2[nH]ccc12. The van der Waals surface area contributed by atoms with Gasteiger partial charge in [-0.2, -0.15) is 0 Å². The van der Waals surface area contributed by atoms with Crippen LogP contribution in [0.4, 0.5) is 11.6 Å². The molecule has 0 saturated heterocycles. The highest BCUT2D eigenvalue weighted by atomic mass is 16.3. The smallest absolute Gasteiger partial charge is 0.142 e. The minimum absolute atomic E-state index is 0.364. The van der Waals surface area contributed by atoms with Crippen LogP contribution in [0, 0.1) is 0 Å². The van der Waals surface area contributed by atoms with E-state index in [0.29, 0.717) is 18.9 Å². The predicted octanol–water partition coefficient (Wildman–Crippen LogP) is 1.14. The van der Waals surface area contributed by atoms with Gasteiger partial charge in [-0.3, -0.25) is 0 Å². The van der Waals surface area contributed by atoms with Gasteiger partial charge in [0.15, 0.2) is 0 Å². The van der Waals surface area contributed by atoms with Crippen LogP contribution in [-0.2, 0) is 0 Å². The highest BCUT2D eigenvalue weighted by Gasteiger charge is 2.14. The number of rotatable bonds is 6. The Labute approximate surface area is 143 Å². The molecule has 4 heterocycles. The topological polar surface area (TPSA) is 119 Å². The van der Waals surface area contributed by atoms with E-state index in [2.05, 4.69) is 35.2 Å². The van der Waals surface area contributed by atoms with Crippen LogP contribution in [0.5, 0.6) is 0 Å². The lowest BCUT2D eigenvalue weighted by Crippen LogP contribution is -2.34. The first kappa shape index (κ1) is 15.3. The fourth-order valence-corrected chi connectivity index (χ4v) is 2.86. The largest absolute Gasteiger partial charge is 0.389 e. The molecule has 4 rings (SSSR count). The number of aliphatic hydroxyl groups is 1. The minimum Gasteiger partial charge on any atom is -0.389 e. The Bertz CT molecular complexity index is 994. The van der Waals surface area contributed by atoms with Crippen molar-refractivity contribution in [3.8, 4) is 0 Å². The Balaban J connectivity index is 1.42. The van der Waals surface area contributed by atoms with E-state index < -0.39 is 6.10 Å². The molecule has 9 nitrogen and oxygen atoms in total. The van der Waals surface area contributed by atoms with Crippen molar-refractivity contribution in [3.05, 3.63) is 37.2 Å².